The van der Waals surface area contributed by atoms with Crippen LogP contribution in [0.1, 0.15) is 45.7 Å². The number of nitrogens with zero attached hydrogens (tertiary/aromatic N) is 4. The quantitative estimate of drug-likeness (QED) is 0.596. The van der Waals surface area contributed by atoms with Crippen LogP contribution in [0.25, 0.3) is 0 Å². The summed E-state index contributed by atoms with van der Waals surface area (Å²) in [5.74, 6) is 2.51. The molecule has 1 fully saturated rings. The lowest BCUT2D eigenvalue weighted by Crippen LogP contribution is -2.49. The van der Waals surface area contributed by atoms with Gasteiger partial charge in [0.15, 0.2) is 5.96 Å². The van der Waals surface area contributed by atoms with E-state index >= 15 is 0 Å². The van der Waals surface area contributed by atoms with E-state index in [1.807, 2.05) is 24.7 Å². The third-order valence-corrected chi connectivity index (χ3v) is 5.96. The molecule has 1 aliphatic rings. The lowest BCUT2D eigenvalue weighted by atomic mass is 9.85. The SMILES string of the molecule is CCNC(=NCC(C)(C)c1ccc(OC)cc1)N1CCC(C)C(n2ccnc2)C1. The Morgan fingerprint density at radius 2 is 2.07 bits per heavy atom. The Hall–Kier alpha value is -2.50. The van der Waals surface area contributed by atoms with Gasteiger partial charge in [-0.25, -0.2) is 4.98 Å². The van der Waals surface area contributed by atoms with E-state index < -0.39 is 0 Å². The van der Waals surface area contributed by atoms with Crippen molar-refractivity contribution < 1.29 is 4.74 Å². The van der Waals surface area contributed by atoms with Crippen molar-refractivity contribution >= 4 is 5.96 Å². The van der Waals surface area contributed by atoms with Crippen molar-refractivity contribution in [3.8, 4) is 5.75 Å². The molecule has 0 saturated carbocycles. The third-order valence-electron chi connectivity index (χ3n) is 5.96. The Kier molecular flexibility index (Phi) is 6.83. The van der Waals surface area contributed by atoms with Gasteiger partial charge in [-0.15, -0.1) is 0 Å². The molecule has 1 aromatic carbocycles. The number of imidazole rings is 1. The molecule has 2 unspecified atom stereocenters. The minimum absolute atomic E-state index is 0.0558. The zero-order chi connectivity index (χ0) is 20.9. The van der Waals surface area contributed by atoms with Gasteiger partial charge in [0.2, 0.25) is 0 Å². The van der Waals surface area contributed by atoms with Crippen LogP contribution in [0.2, 0.25) is 0 Å². The molecular weight excluding hydrogens is 362 g/mol. The molecule has 1 aliphatic heterocycles. The maximum absolute atomic E-state index is 5.29. The zero-order valence-electron chi connectivity index (χ0n) is 18.4. The van der Waals surface area contributed by atoms with Gasteiger partial charge in [0.25, 0.3) is 0 Å². The molecule has 2 aromatic rings. The monoisotopic (exact) mass is 397 g/mol. The predicted molar refractivity (Wildman–Crippen MR) is 119 cm³/mol. The van der Waals surface area contributed by atoms with Crippen molar-refractivity contribution in [2.45, 2.75) is 45.6 Å². The topological polar surface area (TPSA) is 54.7 Å². The lowest BCUT2D eigenvalue weighted by Gasteiger charge is -2.39. The van der Waals surface area contributed by atoms with Gasteiger partial charge in [-0.3, -0.25) is 4.99 Å². The van der Waals surface area contributed by atoms with Crippen LogP contribution in [0.15, 0.2) is 48.0 Å². The summed E-state index contributed by atoms with van der Waals surface area (Å²) in [6.07, 6.45) is 7.01. The third kappa shape index (κ3) is 5.11. The van der Waals surface area contributed by atoms with Crippen LogP contribution in [0.3, 0.4) is 0 Å². The number of aromatic nitrogens is 2. The molecule has 29 heavy (non-hydrogen) atoms. The second-order valence-electron chi connectivity index (χ2n) is 8.57. The highest BCUT2D eigenvalue weighted by Gasteiger charge is 2.29. The van der Waals surface area contributed by atoms with Crippen LogP contribution >= 0.6 is 0 Å². The van der Waals surface area contributed by atoms with Crippen molar-refractivity contribution in [2.75, 3.05) is 33.3 Å². The van der Waals surface area contributed by atoms with E-state index in [-0.39, 0.29) is 5.41 Å². The van der Waals surface area contributed by atoms with Crippen LogP contribution in [0.4, 0.5) is 0 Å². The van der Waals surface area contributed by atoms with Crippen molar-refractivity contribution in [3.05, 3.63) is 48.5 Å². The number of likely N-dealkylation sites (tertiary alicyclic amines) is 1. The Morgan fingerprint density at radius 3 is 2.69 bits per heavy atom. The van der Waals surface area contributed by atoms with E-state index in [4.69, 9.17) is 9.73 Å². The molecule has 2 atom stereocenters. The summed E-state index contributed by atoms with van der Waals surface area (Å²) in [5.41, 5.74) is 1.21. The largest absolute Gasteiger partial charge is 0.497 e. The molecule has 1 N–H and O–H groups in total. The number of aliphatic imine (C=N–C) groups is 1. The number of benzene rings is 1. The molecule has 0 spiro atoms. The fourth-order valence-corrected chi connectivity index (χ4v) is 3.93. The van der Waals surface area contributed by atoms with Gasteiger partial charge in [0, 0.05) is 37.4 Å². The summed E-state index contributed by atoms with van der Waals surface area (Å²) in [4.78, 5) is 11.7. The highest BCUT2D eigenvalue weighted by atomic mass is 16.5. The fraction of sp³-hybridized carbons (Fsp3) is 0.565. The number of nitrogens with one attached hydrogen (secondary N) is 1. The minimum atomic E-state index is -0.0558. The summed E-state index contributed by atoms with van der Waals surface area (Å²) in [6, 6.07) is 8.74. The summed E-state index contributed by atoms with van der Waals surface area (Å²) in [7, 11) is 1.70. The number of rotatable bonds is 6. The van der Waals surface area contributed by atoms with Crippen LogP contribution < -0.4 is 10.1 Å². The highest BCUT2D eigenvalue weighted by molar-refractivity contribution is 5.80. The molecule has 158 valence electrons. The lowest BCUT2D eigenvalue weighted by molar-refractivity contribution is 0.188. The van der Waals surface area contributed by atoms with Gasteiger partial charge in [0.05, 0.1) is 26.0 Å². The van der Waals surface area contributed by atoms with E-state index in [0.717, 1.165) is 44.3 Å². The molecule has 1 saturated heterocycles. The first-order valence-electron chi connectivity index (χ1n) is 10.6. The van der Waals surface area contributed by atoms with Crippen LogP contribution in [0.5, 0.6) is 5.75 Å². The van der Waals surface area contributed by atoms with Gasteiger partial charge in [-0.05, 0) is 37.0 Å². The first-order valence-corrected chi connectivity index (χ1v) is 10.6. The normalized spacial score (nSPS) is 20.6. The van der Waals surface area contributed by atoms with Crippen molar-refractivity contribution in [1.29, 1.82) is 0 Å². The molecule has 0 bridgehead atoms. The Balaban J connectivity index is 1.74. The summed E-state index contributed by atoms with van der Waals surface area (Å²) < 4.78 is 7.53. The summed E-state index contributed by atoms with van der Waals surface area (Å²) in [5, 5.41) is 3.51. The molecule has 0 amide bonds. The average molecular weight is 398 g/mol. The van der Waals surface area contributed by atoms with E-state index in [1.165, 1.54) is 5.56 Å². The predicted octanol–water partition coefficient (Wildman–Crippen LogP) is 3.72. The summed E-state index contributed by atoms with van der Waals surface area (Å²) >= 11 is 0. The van der Waals surface area contributed by atoms with Gasteiger partial charge in [-0.2, -0.15) is 0 Å². The van der Waals surface area contributed by atoms with E-state index in [2.05, 4.69) is 65.8 Å². The molecule has 0 aliphatic carbocycles. The number of hydrogen-bond donors (Lipinski definition) is 1. The van der Waals surface area contributed by atoms with Crippen molar-refractivity contribution in [3.63, 3.8) is 0 Å². The second-order valence-corrected chi connectivity index (χ2v) is 8.57. The smallest absolute Gasteiger partial charge is 0.194 e. The number of methoxy groups -OCH3 is 1. The van der Waals surface area contributed by atoms with E-state index in [9.17, 15) is 0 Å². The second kappa shape index (κ2) is 9.33. The standard InChI is InChI=1S/C23H35N5O/c1-6-25-22(26-16-23(3,4)19-7-9-20(29-5)10-8-19)27-13-11-18(2)21(15-27)28-14-12-24-17-28/h7-10,12,14,17-18,21H,6,11,13,15-16H2,1-5H3,(H,25,26). The number of hydrogen-bond acceptors (Lipinski definition) is 3. The number of ether oxygens (including phenoxy) is 1. The van der Waals surface area contributed by atoms with Gasteiger partial charge < -0.3 is 19.5 Å². The molecule has 3 rings (SSSR count). The molecule has 6 heteroatoms. The van der Waals surface area contributed by atoms with Crippen LogP contribution in [-0.4, -0.2) is 53.7 Å². The first kappa shape index (κ1) is 21.2. The molecule has 2 heterocycles. The van der Waals surface area contributed by atoms with Crippen LogP contribution in [0, 0.1) is 5.92 Å². The van der Waals surface area contributed by atoms with Crippen LogP contribution in [-0.2, 0) is 5.41 Å². The maximum Gasteiger partial charge on any atom is 0.194 e. The Morgan fingerprint density at radius 1 is 1.31 bits per heavy atom. The highest BCUT2D eigenvalue weighted by Crippen LogP contribution is 2.28. The number of piperidine rings is 1. The molecular formula is C23H35N5O. The molecule has 6 nitrogen and oxygen atoms in total. The zero-order valence-corrected chi connectivity index (χ0v) is 18.4. The van der Waals surface area contributed by atoms with Crippen molar-refractivity contribution in [1.82, 2.24) is 19.8 Å². The fourth-order valence-electron chi connectivity index (χ4n) is 3.93. The van der Waals surface area contributed by atoms with Crippen molar-refractivity contribution in [2.24, 2.45) is 10.9 Å². The van der Waals surface area contributed by atoms with E-state index in [0.29, 0.717) is 12.0 Å². The Bertz CT molecular complexity index is 782. The van der Waals surface area contributed by atoms with E-state index in [1.54, 1.807) is 7.11 Å². The minimum Gasteiger partial charge on any atom is -0.497 e. The maximum atomic E-state index is 5.29. The molecule has 0 radical (unpaired) electrons. The number of guanidine groups is 1. The first-order chi connectivity index (χ1) is 13.9. The summed E-state index contributed by atoms with van der Waals surface area (Å²) in [6.45, 7) is 12.5. The van der Waals surface area contributed by atoms with Gasteiger partial charge in [-0.1, -0.05) is 32.9 Å². The Labute approximate surface area is 175 Å². The molecule has 1 aromatic heterocycles. The van der Waals surface area contributed by atoms with Gasteiger partial charge >= 0.3 is 0 Å². The average Bonchev–Trinajstić information content (AvgIpc) is 3.26. The van der Waals surface area contributed by atoms with Gasteiger partial charge in [0.1, 0.15) is 5.75 Å².